The van der Waals surface area contributed by atoms with Crippen molar-refractivity contribution in [2.24, 2.45) is 11.7 Å². The van der Waals surface area contributed by atoms with Gasteiger partial charge in [-0.3, -0.25) is 14.4 Å². The molecule has 2 atom stereocenters. The van der Waals surface area contributed by atoms with Crippen molar-refractivity contribution in [2.75, 3.05) is 11.9 Å². The highest BCUT2D eigenvalue weighted by Crippen LogP contribution is 2.46. The molecule has 2 saturated carbocycles. The van der Waals surface area contributed by atoms with E-state index in [1.165, 1.54) is 12.1 Å². The molecule has 0 radical (unpaired) electrons. The number of benzene rings is 2. The summed E-state index contributed by atoms with van der Waals surface area (Å²) in [5, 5.41) is 2.84. The number of nitrogens with two attached hydrogens (primary N) is 1. The van der Waals surface area contributed by atoms with E-state index in [4.69, 9.17) is 10.5 Å². The number of nitrogens with zero attached hydrogens (tertiary/aromatic N) is 2. The van der Waals surface area contributed by atoms with Crippen molar-refractivity contribution in [1.82, 2.24) is 9.80 Å². The molecule has 9 nitrogen and oxygen atoms in total. The summed E-state index contributed by atoms with van der Waals surface area (Å²) in [7, 11) is 0. The lowest BCUT2D eigenvalue weighted by Crippen LogP contribution is -2.48. The van der Waals surface area contributed by atoms with Gasteiger partial charge < -0.3 is 20.7 Å². The predicted octanol–water partition coefficient (Wildman–Crippen LogP) is 3.13. The average Bonchev–Trinajstić information content (AvgIpc) is 3.85. The van der Waals surface area contributed by atoms with E-state index >= 15 is 0 Å². The Morgan fingerprint density at radius 1 is 1.00 bits per heavy atom. The molecule has 3 N–H and O–H groups in total. The maximum absolute atomic E-state index is 13.9. The standard InChI is InChI=1S/C30H31FN4O5/c31-21-5-3-20-15-34(24(17-1-2-17)8-4-18(20)13-21)25(36)16-35-27(38)30(40-28(35)39)10-9-19-14-22(6-7-23(19)30)33-26(37)29(32)11-12-29/h3,5-7,13-14,17,24H,1-2,4,8-12,15-16,32H2,(H,33,37)/t24-,30-/m0/s1. The van der Waals surface area contributed by atoms with Gasteiger partial charge in [-0.05, 0) is 91.8 Å². The molecule has 2 heterocycles. The molecule has 3 aliphatic carbocycles. The molecule has 40 heavy (non-hydrogen) atoms. The topological polar surface area (TPSA) is 122 Å². The number of carbonyl (C=O) groups is 4. The van der Waals surface area contributed by atoms with Crippen molar-refractivity contribution in [3.63, 3.8) is 0 Å². The van der Waals surface area contributed by atoms with Crippen LogP contribution in [0.25, 0.3) is 0 Å². The van der Waals surface area contributed by atoms with Gasteiger partial charge in [-0.1, -0.05) is 12.1 Å². The van der Waals surface area contributed by atoms with Crippen LogP contribution in [0.5, 0.6) is 0 Å². The van der Waals surface area contributed by atoms with Gasteiger partial charge in [0.25, 0.3) is 5.91 Å². The monoisotopic (exact) mass is 546 g/mol. The molecule has 2 aromatic rings. The molecule has 208 valence electrons. The predicted molar refractivity (Wildman–Crippen MR) is 141 cm³/mol. The molecule has 1 spiro atoms. The number of ether oxygens (including phenoxy) is 1. The van der Waals surface area contributed by atoms with E-state index in [1.807, 2.05) is 0 Å². The van der Waals surface area contributed by atoms with Gasteiger partial charge in [-0.15, -0.1) is 0 Å². The van der Waals surface area contributed by atoms with Gasteiger partial charge in [0.05, 0.1) is 5.54 Å². The molecule has 7 rings (SSSR count). The Balaban J connectivity index is 1.10. The molecule has 0 bridgehead atoms. The van der Waals surface area contributed by atoms with E-state index in [9.17, 15) is 23.6 Å². The molecule has 1 saturated heterocycles. The van der Waals surface area contributed by atoms with Crippen molar-refractivity contribution in [1.29, 1.82) is 0 Å². The highest BCUT2D eigenvalue weighted by molar-refractivity contribution is 6.06. The highest BCUT2D eigenvalue weighted by Gasteiger charge is 2.58. The number of carbonyl (C=O) groups excluding carboxylic acids is 4. The Kier molecular flexibility index (Phi) is 5.58. The van der Waals surface area contributed by atoms with Gasteiger partial charge >= 0.3 is 6.09 Å². The first-order valence-electron chi connectivity index (χ1n) is 14.0. The third-order valence-electron chi connectivity index (χ3n) is 9.26. The van der Waals surface area contributed by atoms with E-state index in [2.05, 4.69) is 5.32 Å². The number of hydrogen-bond donors (Lipinski definition) is 2. The minimum absolute atomic E-state index is 0.0187. The third-order valence-corrected chi connectivity index (χ3v) is 9.26. The molecular formula is C30H31FN4O5. The Labute approximate surface area is 230 Å². The Bertz CT molecular complexity index is 1470. The zero-order valence-electron chi connectivity index (χ0n) is 22.1. The second-order valence-corrected chi connectivity index (χ2v) is 11.9. The van der Waals surface area contributed by atoms with Gasteiger partial charge in [0.15, 0.2) is 0 Å². The van der Waals surface area contributed by atoms with Crippen LogP contribution in [0.15, 0.2) is 36.4 Å². The fourth-order valence-electron chi connectivity index (χ4n) is 6.56. The van der Waals surface area contributed by atoms with Crippen LogP contribution in [0.1, 0.15) is 60.8 Å². The first-order chi connectivity index (χ1) is 19.2. The smallest absolute Gasteiger partial charge is 0.418 e. The summed E-state index contributed by atoms with van der Waals surface area (Å²) in [6.45, 7) is -0.0829. The van der Waals surface area contributed by atoms with Gasteiger partial charge in [-0.25, -0.2) is 14.1 Å². The zero-order chi connectivity index (χ0) is 27.8. The Hall–Kier alpha value is -3.79. The maximum Gasteiger partial charge on any atom is 0.418 e. The minimum atomic E-state index is -1.47. The fourth-order valence-corrected chi connectivity index (χ4v) is 6.56. The molecule has 3 fully saturated rings. The minimum Gasteiger partial charge on any atom is -0.427 e. The lowest BCUT2D eigenvalue weighted by atomic mass is 9.94. The second kappa shape index (κ2) is 8.86. The number of aryl methyl sites for hydroxylation is 2. The number of halogens is 1. The first-order valence-corrected chi connectivity index (χ1v) is 14.0. The van der Waals surface area contributed by atoms with E-state index in [0.717, 1.165) is 34.4 Å². The van der Waals surface area contributed by atoms with Crippen LogP contribution in [0.2, 0.25) is 0 Å². The highest BCUT2D eigenvalue weighted by atomic mass is 19.1. The van der Waals surface area contributed by atoms with Gasteiger partial charge in [0, 0.05) is 30.3 Å². The Morgan fingerprint density at radius 3 is 2.55 bits per heavy atom. The van der Waals surface area contributed by atoms with Gasteiger partial charge in [0.2, 0.25) is 17.4 Å². The summed E-state index contributed by atoms with van der Waals surface area (Å²) in [5.41, 5.74) is 7.45. The van der Waals surface area contributed by atoms with Crippen LogP contribution in [0.3, 0.4) is 0 Å². The van der Waals surface area contributed by atoms with Crippen LogP contribution in [-0.2, 0) is 44.1 Å². The van der Waals surface area contributed by atoms with Gasteiger partial charge in [-0.2, -0.15) is 0 Å². The van der Waals surface area contributed by atoms with Crippen LogP contribution < -0.4 is 11.1 Å². The summed E-state index contributed by atoms with van der Waals surface area (Å²) in [6.07, 6.45) is 4.66. The summed E-state index contributed by atoms with van der Waals surface area (Å²) >= 11 is 0. The third kappa shape index (κ3) is 4.08. The lowest BCUT2D eigenvalue weighted by Gasteiger charge is -2.31. The molecule has 10 heteroatoms. The van der Waals surface area contributed by atoms with Crippen molar-refractivity contribution < 1.29 is 28.3 Å². The fraction of sp³-hybridized carbons (Fsp3) is 0.467. The van der Waals surface area contributed by atoms with E-state index in [-0.39, 0.29) is 30.1 Å². The molecule has 0 unspecified atom stereocenters. The molecule has 0 aromatic heterocycles. The van der Waals surface area contributed by atoms with Crippen LogP contribution in [-0.4, -0.2) is 51.7 Å². The van der Waals surface area contributed by atoms with E-state index < -0.39 is 29.7 Å². The number of imide groups is 1. The SMILES string of the molecule is NC1(C(=O)Nc2ccc3c(c2)CC[C@]32OC(=O)N(CC(=O)N3Cc4ccc(F)cc4CC[C@H]3C3CC3)C2=O)CC1. The van der Waals surface area contributed by atoms with Crippen LogP contribution in [0.4, 0.5) is 14.9 Å². The summed E-state index contributed by atoms with van der Waals surface area (Å²) < 4.78 is 19.6. The van der Waals surface area contributed by atoms with Crippen molar-refractivity contribution in [2.45, 2.75) is 75.1 Å². The number of rotatable bonds is 5. The Morgan fingerprint density at radius 2 is 1.80 bits per heavy atom. The molecule has 2 aromatic carbocycles. The van der Waals surface area contributed by atoms with Crippen LogP contribution >= 0.6 is 0 Å². The van der Waals surface area contributed by atoms with Gasteiger partial charge in [0.1, 0.15) is 12.4 Å². The molecular weight excluding hydrogens is 515 g/mol. The molecule has 4 amide bonds. The lowest BCUT2D eigenvalue weighted by molar-refractivity contribution is -0.143. The molecule has 2 aliphatic heterocycles. The number of anilines is 1. The summed E-state index contributed by atoms with van der Waals surface area (Å²) in [4.78, 5) is 55.5. The largest absolute Gasteiger partial charge is 0.427 e. The van der Waals surface area contributed by atoms with E-state index in [0.29, 0.717) is 55.8 Å². The summed E-state index contributed by atoms with van der Waals surface area (Å²) in [5.74, 6) is -1.01. The van der Waals surface area contributed by atoms with Crippen molar-refractivity contribution in [3.05, 3.63) is 64.5 Å². The molecule has 5 aliphatic rings. The maximum atomic E-state index is 13.9. The first kappa shape index (κ1) is 25.2. The quantitative estimate of drug-likeness (QED) is 0.594. The van der Waals surface area contributed by atoms with Crippen molar-refractivity contribution >= 4 is 29.5 Å². The number of fused-ring (bicyclic) bond motifs is 3. The number of hydrogen-bond acceptors (Lipinski definition) is 6. The number of amides is 4. The normalized spacial score (nSPS) is 26.3. The average molecular weight is 547 g/mol. The van der Waals surface area contributed by atoms with Crippen molar-refractivity contribution in [3.8, 4) is 0 Å². The zero-order valence-corrected chi connectivity index (χ0v) is 22.1. The number of nitrogens with one attached hydrogen (secondary N) is 1. The van der Waals surface area contributed by atoms with Crippen LogP contribution in [0, 0.1) is 11.7 Å². The van der Waals surface area contributed by atoms with E-state index in [1.54, 1.807) is 29.2 Å². The second-order valence-electron chi connectivity index (χ2n) is 11.9. The summed E-state index contributed by atoms with van der Waals surface area (Å²) in [6, 6.07) is 9.82.